The Morgan fingerprint density at radius 2 is 2.10 bits per heavy atom. The van der Waals surface area contributed by atoms with E-state index in [9.17, 15) is 4.79 Å². The van der Waals surface area contributed by atoms with Gasteiger partial charge in [0.2, 0.25) is 5.91 Å². The van der Waals surface area contributed by atoms with Crippen LogP contribution in [0.2, 0.25) is 0 Å². The second-order valence-electron chi connectivity index (χ2n) is 2.69. The lowest BCUT2D eigenvalue weighted by Crippen LogP contribution is -2.15. The van der Waals surface area contributed by atoms with Crippen molar-refractivity contribution in [3.05, 3.63) is 0 Å². The Kier molecular flexibility index (Phi) is 4.94. The summed E-state index contributed by atoms with van der Waals surface area (Å²) in [7, 11) is 0. The van der Waals surface area contributed by atoms with Crippen molar-refractivity contribution in [3.63, 3.8) is 0 Å². The zero-order chi connectivity index (χ0) is 7.98. The van der Waals surface area contributed by atoms with Gasteiger partial charge >= 0.3 is 0 Å². The lowest BCUT2D eigenvalue weighted by atomic mass is 10.1. The highest BCUT2D eigenvalue weighted by Gasteiger charge is 1.96. The maximum absolute atomic E-state index is 10.2. The number of nitrogens with two attached hydrogens (primary N) is 2. The molecule has 3 nitrogen and oxygen atoms in total. The molecule has 4 N–H and O–H groups in total. The van der Waals surface area contributed by atoms with Crippen molar-refractivity contribution >= 4 is 5.91 Å². The molecule has 0 aliphatic rings. The monoisotopic (exact) mass is 144 g/mol. The van der Waals surface area contributed by atoms with E-state index in [1.165, 1.54) is 0 Å². The molecular weight excluding hydrogens is 128 g/mol. The van der Waals surface area contributed by atoms with Gasteiger partial charge in [0.15, 0.2) is 0 Å². The molecule has 1 atom stereocenters. The highest BCUT2D eigenvalue weighted by atomic mass is 16.1. The molecule has 60 valence electrons. The Hall–Kier alpha value is -0.570. The van der Waals surface area contributed by atoms with Gasteiger partial charge in [0, 0.05) is 12.5 Å². The van der Waals surface area contributed by atoms with Gasteiger partial charge in [-0.05, 0) is 19.8 Å². The number of carbonyl (C=O) groups excluding carboxylic acids is 1. The molecule has 0 radical (unpaired) electrons. The summed E-state index contributed by atoms with van der Waals surface area (Å²) in [5.41, 5.74) is 10.4. The van der Waals surface area contributed by atoms with Crippen LogP contribution in [-0.2, 0) is 4.79 Å². The molecule has 0 bridgehead atoms. The number of unbranched alkanes of at least 4 members (excludes halogenated alkanes) is 1. The molecule has 1 amide bonds. The molecule has 0 aromatic rings. The Morgan fingerprint density at radius 1 is 1.50 bits per heavy atom. The summed E-state index contributed by atoms with van der Waals surface area (Å²) < 4.78 is 0. The Bertz CT molecular complexity index is 102. The van der Waals surface area contributed by atoms with Gasteiger partial charge in [-0.1, -0.05) is 6.42 Å². The average Bonchev–Trinajstić information content (AvgIpc) is 1.79. The van der Waals surface area contributed by atoms with Crippen molar-refractivity contribution in [2.24, 2.45) is 11.5 Å². The minimum absolute atomic E-state index is 0.218. The highest BCUT2D eigenvalue weighted by Crippen LogP contribution is 2.00. The fraction of sp³-hybridized carbons (Fsp3) is 0.857. The first kappa shape index (κ1) is 9.43. The number of rotatable bonds is 5. The van der Waals surface area contributed by atoms with Crippen LogP contribution >= 0.6 is 0 Å². The lowest BCUT2D eigenvalue weighted by Gasteiger charge is -2.01. The minimum atomic E-state index is -0.218. The smallest absolute Gasteiger partial charge is 0.217 e. The van der Waals surface area contributed by atoms with Crippen LogP contribution in [0.1, 0.15) is 32.6 Å². The van der Waals surface area contributed by atoms with Gasteiger partial charge in [0.25, 0.3) is 0 Å². The molecule has 0 aromatic heterocycles. The van der Waals surface area contributed by atoms with E-state index in [0.717, 1.165) is 19.3 Å². The SMILES string of the molecule is C[C@H](N)CCCCC(N)=O. The van der Waals surface area contributed by atoms with Crippen LogP contribution in [0, 0.1) is 0 Å². The highest BCUT2D eigenvalue weighted by molar-refractivity contribution is 5.73. The summed E-state index contributed by atoms with van der Waals surface area (Å²) in [4.78, 5) is 10.2. The maximum Gasteiger partial charge on any atom is 0.217 e. The quantitative estimate of drug-likeness (QED) is 0.548. The second kappa shape index (κ2) is 5.23. The molecule has 0 aliphatic heterocycles. The maximum atomic E-state index is 10.2. The predicted molar refractivity (Wildman–Crippen MR) is 41.3 cm³/mol. The van der Waals surface area contributed by atoms with Crippen molar-refractivity contribution in [1.29, 1.82) is 0 Å². The van der Waals surface area contributed by atoms with E-state index in [2.05, 4.69) is 0 Å². The standard InChI is InChI=1S/C7H16N2O/c1-6(8)4-2-3-5-7(9)10/h6H,2-5,8H2,1H3,(H2,9,10)/t6-/m0/s1. The molecule has 0 saturated carbocycles. The molecule has 0 aliphatic carbocycles. The van der Waals surface area contributed by atoms with E-state index < -0.39 is 0 Å². The average molecular weight is 144 g/mol. The third kappa shape index (κ3) is 7.43. The van der Waals surface area contributed by atoms with Crippen LogP contribution in [0.25, 0.3) is 0 Å². The summed E-state index contributed by atoms with van der Waals surface area (Å²) in [6.07, 6.45) is 3.34. The van der Waals surface area contributed by atoms with Crippen LogP contribution in [0.4, 0.5) is 0 Å². The first-order valence-corrected chi connectivity index (χ1v) is 3.67. The van der Waals surface area contributed by atoms with E-state index in [4.69, 9.17) is 11.5 Å². The number of primary amides is 1. The van der Waals surface area contributed by atoms with Gasteiger partial charge in [-0.15, -0.1) is 0 Å². The Morgan fingerprint density at radius 3 is 2.50 bits per heavy atom. The second-order valence-corrected chi connectivity index (χ2v) is 2.69. The van der Waals surface area contributed by atoms with Crippen LogP contribution in [0.5, 0.6) is 0 Å². The molecule has 0 fully saturated rings. The van der Waals surface area contributed by atoms with E-state index in [1.54, 1.807) is 0 Å². The zero-order valence-corrected chi connectivity index (χ0v) is 6.47. The van der Waals surface area contributed by atoms with Gasteiger partial charge < -0.3 is 11.5 Å². The molecule has 10 heavy (non-hydrogen) atoms. The first-order valence-electron chi connectivity index (χ1n) is 3.67. The summed E-state index contributed by atoms with van der Waals surface area (Å²) in [6.45, 7) is 1.96. The van der Waals surface area contributed by atoms with Crippen LogP contribution < -0.4 is 11.5 Å². The molecular formula is C7H16N2O. The van der Waals surface area contributed by atoms with E-state index >= 15 is 0 Å². The molecule has 3 heteroatoms. The van der Waals surface area contributed by atoms with E-state index in [0.29, 0.717) is 6.42 Å². The molecule has 0 unspecified atom stereocenters. The molecule has 0 spiro atoms. The van der Waals surface area contributed by atoms with Gasteiger partial charge in [-0.3, -0.25) is 4.79 Å². The van der Waals surface area contributed by atoms with Crippen molar-refractivity contribution in [3.8, 4) is 0 Å². The molecule has 0 aromatic carbocycles. The van der Waals surface area contributed by atoms with Gasteiger partial charge in [0.1, 0.15) is 0 Å². The van der Waals surface area contributed by atoms with Gasteiger partial charge in [-0.2, -0.15) is 0 Å². The van der Waals surface area contributed by atoms with Crippen molar-refractivity contribution < 1.29 is 4.79 Å². The first-order chi connectivity index (χ1) is 4.63. The normalized spacial score (nSPS) is 13.0. The zero-order valence-electron chi connectivity index (χ0n) is 6.47. The third-order valence-corrected chi connectivity index (χ3v) is 1.33. The summed E-state index contributed by atoms with van der Waals surface area (Å²) in [5.74, 6) is -0.218. The number of hydrogen-bond donors (Lipinski definition) is 2. The molecule has 0 heterocycles. The van der Waals surface area contributed by atoms with Crippen molar-refractivity contribution in [2.45, 2.75) is 38.6 Å². The third-order valence-electron chi connectivity index (χ3n) is 1.33. The summed E-state index contributed by atoms with van der Waals surface area (Å²) in [6, 6.07) is 0.243. The summed E-state index contributed by atoms with van der Waals surface area (Å²) >= 11 is 0. The predicted octanol–water partition coefficient (Wildman–Crippen LogP) is 0.379. The minimum Gasteiger partial charge on any atom is -0.370 e. The largest absolute Gasteiger partial charge is 0.370 e. The fourth-order valence-electron chi connectivity index (χ4n) is 0.766. The van der Waals surface area contributed by atoms with Crippen molar-refractivity contribution in [2.75, 3.05) is 0 Å². The van der Waals surface area contributed by atoms with E-state index in [-0.39, 0.29) is 11.9 Å². The Balaban J connectivity index is 2.98. The van der Waals surface area contributed by atoms with E-state index in [1.807, 2.05) is 6.92 Å². The van der Waals surface area contributed by atoms with Gasteiger partial charge in [-0.25, -0.2) is 0 Å². The number of amides is 1. The topological polar surface area (TPSA) is 69.1 Å². The van der Waals surface area contributed by atoms with Gasteiger partial charge in [0.05, 0.1) is 0 Å². The molecule has 0 rings (SSSR count). The Labute approximate surface area is 61.8 Å². The lowest BCUT2D eigenvalue weighted by molar-refractivity contribution is -0.118. The fourth-order valence-corrected chi connectivity index (χ4v) is 0.766. The van der Waals surface area contributed by atoms with Crippen LogP contribution in [0.3, 0.4) is 0 Å². The number of hydrogen-bond acceptors (Lipinski definition) is 2. The molecule has 0 saturated heterocycles. The van der Waals surface area contributed by atoms with Crippen LogP contribution in [-0.4, -0.2) is 11.9 Å². The van der Waals surface area contributed by atoms with Crippen molar-refractivity contribution in [1.82, 2.24) is 0 Å². The van der Waals surface area contributed by atoms with Crippen LogP contribution in [0.15, 0.2) is 0 Å². The number of carbonyl (C=O) groups is 1. The summed E-state index contributed by atoms with van der Waals surface area (Å²) in [5, 5.41) is 0.